The van der Waals surface area contributed by atoms with E-state index in [1.165, 1.54) is 6.92 Å². The average Bonchev–Trinajstić information content (AvgIpc) is 3.11. The fraction of sp³-hybridized carbons (Fsp3) is 0.364. The number of hydrogen-bond donors (Lipinski definition) is 2. The Morgan fingerprint density at radius 1 is 1.11 bits per heavy atom. The lowest BCUT2D eigenvalue weighted by atomic mass is 9.74. The summed E-state index contributed by atoms with van der Waals surface area (Å²) in [4.78, 5) is 24.2. The summed E-state index contributed by atoms with van der Waals surface area (Å²) in [5.74, 6) is 0.926. The normalized spacial score (nSPS) is 21.6. The largest absolute Gasteiger partial charge is 0.493 e. The second kappa shape index (κ2) is 7.16. The zero-order chi connectivity index (χ0) is 19.0. The first-order valence-corrected chi connectivity index (χ1v) is 9.37. The van der Waals surface area contributed by atoms with Gasteiger partial charge in [-0.2, -0.15) is 0 Å². The van der Waals surface area contributed by atoms with Crippen LogP contribution in [0, 0.1) is 5.92 Å². The van der Waals surface area contributed by atoms with Crippen molar-refractivity contribution in [3.05, 3.63) is 64.7 Å². The maximum absolute atomic E-state index is 12.8. The molecule has 1 atom stereocenters. The number of carbonyl (C=O) groups is 2. The molecule has 140 valence electrons. The van der Waals surface area contributed by atoms with Crippen LogP contribution in [0.1, 0.15) is 57.7 Å². The molecule has 2 aromatic rings. The van der Waals surface area contributed by atoms with Crippen LogP contribution >= 0.6 is 0 Å². The summed E-state index contributed by atoms with van der Waals surface area (Å²) in [6.45, 7) is 2.20. The molecule has 0 radical (unpaired) electrons. The van der Waals surface area contributed by atoms with E-state index in [1.54, 1.807) is 24.3 Å². The van der Waals surface area contributed by atoms with E-state index in [0.29, 0.717) is 30.6 Å². The van der Waals surface area contributed by atoms with Gasteiger partial charge >= 0.3 is 0 Å². The predicted octanol–water partition coefficient (Wildman–Crippen LogP) is 3.07. The van der Waals surface area contributed by atoms with E-state index in [-0.39, 0.29) is 29.8 Å². The monoisotopic (exact) mass is 365 g/mol. The topological polar surface area (TPSA) is 75.6 Å². The summed E-state index contributed by atoms with van der Waals surface area (Å²) in [5.41, 5.74) is 3.32. The molecule has 5 heteroatoms. The predicted molar refractivity (Wildman–Crippen MR) is 101 cm³/mol. The van der Waals surface area contributed by atoms with Crippen LogP contribution in [0.3, 0.4) is 0 Å². The van der Waals surface area contributed by atoms with Crippen molar-refractivity contribution in [1.82, 2.24) is 5.32 Å². The fourth-order valence-corrected chi connectivity index (χ4v) is 3.86. The summed E-state index contributed by atoms with van der Waals surface area (Å²) >= 11 is 0. The summed E-state index contributed by atoms with van der Waals surface area (Å²) in [7, 11) is 0. The third-order valence-corrected chi connectivity index (χ3v) is 5.53. The molecule has 1 amide bonds. The smallest absolute Gasteiger partial charge is 0.251 e. The third kappa shape index (κ3) is 3.60. The number of carbonyl (C=O) groups excluding carboxylic acids is 2. The number of nitrogens with one attached hydrogen (secondary N) is 1. The lowest BCUT2D eigenvalue weighted by Crippen LogP contribution is -2.41. The van der Waals surface area contributed by atoms with Gasteiger partial charge in [-0.15, -0.1) is 0 Å². The Morgan fingerprint density at radius 2 is 1.81 bits per heavy atom. The Morgan fingerprint density at radius 3 is 2.48 bits per heavy atom. The number of ether oxygens (including phenoxy) is 1. The molecular formula is C22H23NO4. The van der Waals surface area contributed by atoms with E-state index in [2.05, 4.69) is 11.4 Å². The summed E-state index contributed by atoms with van der Waals surface area (Å²) < 4.78 is 5.58. The van der Waals surface area contributed by atoms with Gasteiger partial charge in [-0.1, -0.05) is 18.2 Å². The first-order chi connectivity index (χ1) is 13.0. The lowest BCUT2D eigenvalue weighted by molar-refractivity contribution is 0.0235. The van der Waals surface area contributed by atoms with Crippen molar-refractivity contribution in [2.45, 2.75) is 38.3 Å². The molecule has 5 nitrogen and oxygen atoms in total. The van der Waals surface area contributed by atoms with Gasteiger partial charge in [-0.05, 0) is 61.1 Å². The maximum Gasteiger partial charge on any atom is 0.251 e. The molecule has 1 heterocycles. The van der Waals surface area contributed by atoms with Gasteiger partial charge < -0.3 is 15.2 Å². The lowest BCUT2D eigenvalue weighted by Gasteiger charge is -2.38. The van der Waals surface area contributed by atoms with Crippen LogP contribution < -0.4 is 10.1 Å². The van der Waals surface area contributed by atoms with E-state index in [1.807, 2.05) is 12.1 Å². The first-order valence-electron chi connectivity index (χ1n) is 9.37. The highest BCUT2D eigenvalue weighted by molar-refractivity contribution is 5.97. The third-order valence-electron chi connectivity index (χ3n) is 5.53. The van der Waals surface area contributed by atoms with Gasteiger partial charge in [0.05, 0.1) is 18.8 Å². The van der Waals surface area contributed by atoms with Crippen molar-refractivity contribution < 1.29 is 19.4 Å². The van der Waals surface area contributed by atoms with Crippen LogP contribution in [0.5, 0.6) is 5.75 Å². The molecule has 2 N–H and O–H groups in total. The Bertz CT molecular complexity index is 868. The molecule has 0 aromatic heterocycles. The maximum atomic E-state index is 12.8. The molecule has 2 aromatic carbocycles. The minimum Gasteiger partial charge on any atom is -0.493 e. The number of fused-ring (bicyclic) bond motifs is 1. The summed E-state index contributed by atoms with van der Waals surface area (Å²) in [6, 6.07) is 12.6. The van der Waals surface area contributed by atoms with Gasteiger partial charge in [0.15, 0.2) is 5.78 Å². The number of hydrogen-bond acceptors (Lipinski definition) is 4. The van der Waals surface area contributed by atoms with E-state index >= 15 is 0 Å². The number of ketones is 1. The average molecular weight is 365 g/mol. The second-order valence-electron chi connectivity index (χ2n) is 7.44. The minimum atomic E-state index is -0.290. The van der Waals surface area contributed by atoms with Gasteiger partial charge in [0, 0.05) is 17.5 Å². The van der Waals surface area contributed by atoms with Crippen molar-refractivity contribution in [2.75, 3.05) is 6.61 Å². The molecule has 1 fully saturated rings. The highest BCUT2D eigenvalue weighted by Gasteiger charge is 2.36. The van der Waals surface area contributed by atoms with Crippen molar-refractivity contribution in [1.29, 1.82) is 0 Å². The number of benzene rings is 2. The van der Waals surface area contributed by atoms with Crippen LogP contribution in [0.15, 0.2) is 42.5 Å². The molecule has 1 aliphatic carbocycles. The molecule has 1 saturated carbocycles. The van der Waals surface area contributed by atoms with Crippen LogP contribution in [0.25, 0.3) is 0 Å². The first kappa shape index (κ1) is 17.7. The van der Waals surface area contributed by atoms with Crippen molar-refractivity contribution in [2.24, 2.45) is 5.92 Å². The standard InChI is InChI=1S/C22H23NO4/c1-13(24)14-2-4-15(5-3-14)22(26)23-21(18-11-19(25)12-18)17-6-7-20-16(10-17)8-9-27-20/h2-7,10,18-19,21,25H,8-9,11-12H2,1H3,(H,23,26). The van der Waals surface area contributed by atoms with Crippen molar-refractivity contribution in [3.63, 3.8) is 0 Å². The van der Waals surface area contributed by atoms with Crippen LogP contribution in [0.4, 0.5) is 0 Å². The molecule has 1 aliphatic heterocycles. The molecular weight excluding hydrogens is 342 g/mol. The molecule has 0 spiro atoms. The highest BCUT2D eigenvalue weighted by Crippen LogP contribution is 2.40. The Balaban J connectivity index is 1.56. The van der Waals surface area contributed by atoms with Gasteiger partial charge in [0.2, 0.25) is 0 Å². The van der Waals surface area contributed by atoms with E-state index in [9.17, 15) is 14.7 Å². The Labute approximate surface area is 158 Å². The molecule has 0 saturated heterocycles. The summed E-state index contributed by atoms with van der Waals surface area (Å²) in [5, 5.41) is 12.9. The van der Waals surface area contributed by atoms with Gasteiger partial charge in [-0.3, -0.25) is 9.59 Å². The van der Waals surface area contributed by atoms with Gasteiger partial charge in [0.1, 0.15) is 5.75 Å². The van der Waals surface area contributed by atoms with Crippen LogP contribution in [-0.2, 0) is 6.42 Å². The Kier molecular flexibility index (Phi) is 4.70. The van der Waals surface area contributed by atoms with Crippen LogP contribution in [-0.4, -0.2) is 29.5 Å². The molecule has 0 bridgehead atoms. The van der Waals surface area contributed by atoms with E-state index < -0.39 is 0 Å². The fourth-order valence-electron chi connectivity index (χ4n) is 3.86. The number of rotatable bonds is 5. The molecule has 1 unspecified atom stereocenters. The van der Waals surface area contributed by atoms with E-state index in [0.717, 1.165) is 23.3 Å². The van der Waals surface area contributed by atoms with Gasteiger partial charge in [-0.25, -0.2) is 0 Å². The number of amides is 1. The van der Waals surface area contributed by atoms with E-state index in [4.69, 9.17) is 4.74 Å². The zero-order valence-electron chi connectivity index (χ0n) is 15.3. The summed E-state index contributed by atoms with van der Waals surface area (Å²) in [6.07, 6.45) is 1.95. The van der Waals surface area contributed by atoms with Crippen LogP contribution in [0.2, 0.25) is 0 Å². The molecule has 27 heavy (non-hydrogen) atoms. The van der Waals surface area contributed by atoms with Gasteiger partial charge in [0.25, 0.3) is 5.91 Å². The quantitative estimate of drug-likeness (QED) is 0.799. The molecule has 2 aliphatic rings. The Hall–Kier alpha value is -2.66. The number of aliphatic hydroxyl groups is 1. The van der Waals surface area contributed by atoms with Crippen molar-refractivity contribution >= 4 is 11.7 Å². The number of aliphatic hydroxyl groups excluding tert-OH is 1. The number of Topliss-reactive ketones (excluding diaryl/α,β-unsaturated/α-hetero) is 1. The second-order valence-corrected chi connectivity index (χ2v) is 7.44. The highest BCUT2D eigenvalue weighted by atomic mass is 16.5. The SMILES string of the molecule is CC(=O)c1ccc(C(=O)NC(c2ccc3c(c2)CCO3)C2CC(O)C2)cc1. The van der Waals surface area contributed by atoms with Crippen molar-refractivity contribution in [3.8, 4) is 5.75 Å². The minimum absolute atomic E-state index is 0.0244. The zero-order valence-corrected chi connectivity index (χ0v) is 15.3. The molecule has 4 rings (SSSR count).